The number of carboxylic acids is 1. The Labute approximate surface area is 244 Å². The molecule has 0 aliphatic carbocycles. The minimum Gasteiger partial charge on any atom is -0.508 e. The Morgan fingerprint density at radius 2 is 1.34 bits per heavy atom. The quantitative estimate of drug-likeness (QED) is 0.124. The van der Waals surface area contributed by atoms with Crippen LogP contribution in [-0.4, -0.2) is 76.6 Å². The zero-order valence-electron chi connectivity index (χ0n) is 23.3. The molecule has 0 bridgehead atoms. The van der Waals surface area contributed by atoms with Crippen LogP contribution < -0.4 is 27.4 Å². The molecule has 0 fully saturated rings. The zero-order valence-corrected chi connectivity index (χ0v) is 24.1. The Balaban J connectivity index is 2.22. The van der Waals surface area contributed by atoms with E-state index in [0.717, 1.165) is 12.0 Å². The second-order valence-corrected chi connectivity index (χ2v) is 10.7. The van der Waals surface area contributed by atoms with Crippen molar-refractivity contribution in [1.29, 1.82) is 0 Å². The highest BCUT2D eigenvalue weighted by molar-refractivity contribution is 7.98. The van der Waals surface area contributed by atoms with Crippen LogP contribution in [0.25, 0.3) is 0 Å². The SMILES string of the molecule is CSCCC(NC(=O)C(N)CCCCN)C(=O)NC(Cc1ccc(O)cc1)C(=O)NC(Cc1ccccc1)C(=O)O. The number of unbranched alkanes of at least 4 members (excludes halogenated alkanes) is 1. The third-order valence-corrected chi connectivity index (χ3v) is 7.10. The lowest BCUT2D eigenvalue weighted by Gasteiger charge is -2.25. The molecule has 0 aliphatic heterocycles. The maximum Gasteiger partial charge on any atom is 0.326 e. The highest BCUT2D eigenvalue weighted by Crippen LogP contribution is 2.13. The van der Waals surface area contributed by atoms with Crippen LogP contribution in [0, 0.1) is 0 Å². The van der Waals surface area contributed by atoms with Gasteiger partial charge in [0.05, 0.1) is 6.04 Å². The van der Waals surface area contributed by atoms with Crippen LogP contribution >= 0.6 is 11.8 Å². The van der Waals surface area contributed by atoms with Gasteiger partial charge >= 0.3 is 5.97 Å². The molecule has 12 heteroatoms. The standard InChI is InChI=1S/C29H41N5O6S/c1-41-16-14-23(32-26(36)22(31)9-5-6-15-30)27(37)33-24(17-20-10-12-21(35)13-11-20)28(38)34-25(29(39)40)18-19-7-3-2-4-8-19/h2-4,7-8,10-13,22-25,35H,5-6,9,14-18,30-31H2,1H3,(H,32,36)(H,33,37)(H,34,38)(H,39,40). The zero-order chi connectivity index (χ0) is 30.2. The molecule has 0 heterocycles. The summed E-state index contributed by atoms with van der Waals surface area (Å²) in [6.45, 7) is 0.492. The Hall–Kier alpha value is -3.61. The van der Waals surface area contributed by atoms with Gasteiger partial charge in [0.15, 0.2) is 0 Å². The van der Waals surface area contributed by atoms with Gasteiger partial charge in [-0.05, 0) is 61.1 Å². The number of amides is 3. The second kappa shape index (κ2) is 17.9. The van der Waals surface area contributed by atoms with Crippen LogP contribution in [0.15, 0.2) is 54.6 Å². The number of nitrogens with one attached hydrogen (secondary N) is 3. The summed E-state index contributed by atoms with van der Waals surface area (Å²) in [5.74, 6) is -2.37. The van der Waals surface area contributed by atoms with Gasteiger partial charge in [-0.3, -0.25) is 14.4 Å². The molecule has 0 radical (unpaired) electrons. The fourth-order valence-corrected chi connectivity index (χ4v) is 4.57. The number of thioether (sulfide) groups is 1. The number of aromatic hydroxyl groups is 1. The summed E-state index contributed by atoms with van der Waals surface area (Å²) < 4.78 is 0. The normalized spacial score (nSPS) is 13.8. The van der Waals surface area contributed by atoms with Crippen LogP contribution in [0.5, 0.6) is 5.75 Å². The van der Waals surface area contributed by atoms with Crippen molar-refractivity contribution in [3.63, 3.8) is 0 Å². The molecule has 2 rings (SSSR count). The molecule has 3 amide bonds. The van der Waals surface area contributed by atoms with Gasteiger partial charge in [0.1, 0.15) is 23.9 Å². The van der Waals surface area contributed by atoms with Crippen LogP contribution in [-0.2, 0) is 32.0 Å². The fourth-order valence-electron chi connectivity index (χ4n) is 4.09. The van der Waals surface area contributed by atoms with E-state index in [1.165, 1.54) is 23.9 Å². The molecule has 0 saturated heterocycles. The van der Waals surface area contributed by atoms with Gasteiger partial charge in [-0.15, -0.1) is 0 Å². The number of rotatable bonds is 18. The van der Waals surface area contributed by atoms with Crippen LogP contribution in [0.1, 0.15) is 36.8 Å². The van der Waals surface area contributed by atoms with Crippen molar-refractivity contribution in [3.8, 4) is 5.75 Å². The summed E-state index contributed by atoms with van der Waals surface area (Å²) in [6.07, 6.45) is 4.07. The molecular weight excluding hydrogens is 546 g/mol. The number of carbonyl (C=O) groups excluding carboxylic acids is 3. The van der Waals surface area contributed by atoms with Gasteiger partial charge in [-0.25, -0.2) is 4.79 Å². The van der Waals surface area contributed by atoms with Crippen molar-refractivity contribution in [1.82, 2.24) is 16.0 Å². The predicted molar refractivity (Wildman–Crippen MR) is 159 cm³/mol. The smallest absolute Gasteiger partial charge is 0.326 e. The van der Waals surface area contributed by atoms with E-state index in [9.17, 15) is 29.4 Å². The first kappa shape index (κ1) is 33.6. The van der Waals surface area contributed by atoms with E-state index in [1.807, 2.05) is 6.26 Å². The molecule has 0 saturated carbocycles. The molecule has 0 aromatic heterocycles. The third-order valence-electron chi connectivity index (χ3n) is 6.46. The second-order valence-electron chi connectivity index (χ2n) is 9.75. The number of benzene rings is 2. The van der Waals surface area contributed by atoms with E-state index in [2.05, 4.69) is 16.0 Å². The first-order valence-electron chi connectivity index (χ1n) is 13.5. The maximum atomic E-state index is 13.4. The van der Waals surface area contributed by atoms with Gasteiger partial charge in [-0.1, -0.05) is 48.9 Å². The van der Waals surface area contributed by atoms with E-state index in [-0.39, 0.29) is 18.6 Å². The molecule has 4 atom stereocenters. The van der Waals surface area contributed by atoms with Gasteiger partial charge < -0.3 is 37.6 Å². The van der Waals surface area contributed by atoms with Crippen molar-refractivity contribution >= 4 is 35.5 Å². The van der Waals surface area contributed by atoms with E-state index in [0.29, 0.717) is 37.1 Å². The first-order valence-corrected chi connectivity index (χ1v) is 14.9. The summed E-state index contributed by atoms with van der Waals surface area (Å²) in [5.41, 5.74) is 12.9. The van der Waals surface area contributed by atoms with Crippen LogP contribution in [0.2, 0.25) is 0 Å². The molecule has 224 valence electrons. The van der Waals surface area contributed by atoms with Gasteiger partial charge in [-0.2, -0.15) is 11.8 Å². The average Bonchev–Trinajstić information content (AvgIpc) is 2.95. The fraction of sp³-hybridized carbons (Fsp3) is 0.448. The number of hydrogen-bond acceptors (Lipinski definition) is 8. The molecule has 0 aliphatic rings. The molecule has 2 aromatic carbocycles. The molecule has 9 N–H and O–H groups in total. The number of aliphatic carboxylic acids is 1. The minimum atomic E-state index is -1.23. The van der Waals surface area contributed by atoms with Crippen molar-refractivity contribution in [3.05, 3.63) is 65.7 Å². The van der Waals surface area contributed by atoms with Crippen LogP contribution in [0.4, 0.5) is 0 Å². The summed E-state index contributed by atoms with van der Waals surface area (Å²) in [6, 6.07) is 10.8. The van der Waals surface area contributed by atoms with Gasteiger partial charge in [0.25, 0.3) is 0 Å². The topological polar surface area (TPSA) is 197 Å². The molecule has 11 nitrogen and oxygen atoms in total. The Morgan fingerprint density at radius 3 is 1.95 bits per heavy atom. The Morgan fingerprint density at radius 1 is 0.780 bits per heavy atom. The van der Waals surface area contributed by atoms with Crippen molar-refractivity contribution < 1.29 is 29.4 Å². The predicted octanol–water partition coefficient (Wildman–Crippen LogP) is 0.926. The summed E-state index contributed by atoms with van der Waals surface area (Å²) in [5, 5.41) is 27.4. The monoisotopic (exact) mass is 587 g/mol. The average molecular weight is 588 g/mol. The molecule has 2 aromatic rings. The highest BCUT2D eigenvalue weighted by atomic mass is 32.2. The minimum absolute atomic E-state index is 0.0251. The summed E-state index contributed by atoms with van der Waals surface area (Å²) in [7, 11) is 0. The molecule has 0 spiro atoms. The lowest BCUT2D eigenvalue weighted by molar-refractivity contribution is -0.142. The number of phenolic OH excluding ortho intramolecular Hbond substituents is 1. The lowest BCUT2D eigenvalue weighted by atomic mass is 10.0. The maximum absolute atomic E-state index is 13.4. The Kier molecular flexibility index (Phi) is 14.7. The summed E-state index contributed by atoms with van der Waals surface area (Å²) in [4.78, 5) is 51.5. The molecule has 41 heavy (non-hydrogen) atoms. The van der Waals surface area contributed by atoms with E-state index >= 15 is 0 Å². The number of carbonyl (C=O) groups is 4. The molecule has 4 unspecified atom stereocenters. The van der Waals surface area contributed by atoms with E-state index in [1.54, 1.807) is 42.5 Å². The molecular formula is C29H41N5O6S. The van der Waals surface area contributed by atoms with Crippen molar-refractivity contribution in [2.45, 2.75) is 62.7 Å². The number of carboxylic acid groups (broad SMARTS) is 1. The van der Waals surface area contributed by atoms with Gasteiger partial charge in [0, 0.05) is 12.8 Å². The van der Waals surface area contributed by atoms with Crippen molar-refractivity contribution in [2.24, 2.45) is 11.5 Å². The van der Waals surface area contributed by atoms with E-state index in [4.69, 9.17) is 11.5 Å². The largest absolute Gasteiger partial charge is 0.508 e. The first-order chi connectivity index (χ1) is 19.6. The highest BCUT2D eigenvalue weighted by Gasteiger charge is 2.30. The Bertz CT molecular complexity index is 1120. The van der Waals surface area contributed by atoms with E-state index < -0.39 is 47.9 Å². The number of nitrogens with two attached hydrogens (primary N) is 2. The summed E-state index contributed by atoms with van der Waals surface area (Å²) >= 11 is 1.50. The number of hydrogen-bond donors (Lipinski definition) is 7. The van der Waals surface area contributed by atoms with Gasteiger partial charge in [0.2, 0.25) is 17.7 Å². The third kappa shape index (κ3) is 12.2. The number of phenols is 1. The van der Waals surface area contributed by atoms with Crippen molar-refractivity contribution in [2.75, 3.05) is 18.6 Å². The van der Waals surface area contributed by atoms with Crippen LogP contribution in [0.3, 0.4) is 0 Å². The lowest BCUT2D eigenvalue weighted by Crippen LogP contribution is -2.58.